The predicted molar refractivity (Wildman–Crippen MR) is 272 cm³/mol. The van der Waals surface area contributed by atoms with Crippen LogP contribution in [0.25, 0.3) is 24.3 Å². The van der Waals surface area contributed by atoms with Gasteiger partial charge in [-0.2, -0.15) is 25.3 Å². The van der Waals surface area contributed by atoms with Crippen LogP contribution in [-0.4, -0.2) is 34.5 Å². The van der Waals surface area contributed by atoms with Gasteiger partial charge in [-0.05, 0) is 161 Å². The number of thiol groups is 2. The van der Waals surface area contributed by atoms with Crippen molar-refractivity contribution in [3.63, 3.8) is 0 Å². The third kappa shape index (κ3) is 11.4. The first-order valence-electron chi connectivity index (χ1n) is 21.0. The second kappa shape index (κ2) is 20.3. The summed E-state index contributed by atoms with van der Waals surface area (Å²) in [6, 6.07) is 31.9. The Hall–Kier alpha value is -1.54. The maximum atomic E-state index is 3.95. The van der Waals surface area contributed by atoms with Gasteiger partial charge in [-0.1, -0.05) is 136 Å². The first-order chi connectivity index (χ1) is 27.4. The summed E-state index contributed by atoms with van der Waals surface area (Å²) in [5.41, 5.74) is 14.7. The van der Waals surface area contributed by atoms with Crippen LogP contribution >= 0.6 is 72.3 Å². The standard InChI is InChI=1S/2C24H28S2.C3H8S2/c2*1-18-5-7-19(8-6-18)9-10-20-11-12-21-22(17-20)24(14-13-23(21,2)3)25-15-4-16-26-24;4-2-1-3-5/h2*5-12,17H,4,13-16H2,1-3H3;4-5H,1-3H2/b2*10-9+;. The third-order valence-corrected chi connectivity index (χ3v) is 19.4. The largest absolute Gasteiger partial charge is 0.179 e. The lowest BCUT2D eigenvalue weighted by molar-refractivity contribution is 0.417. The maximum Gasteiger partial charge on any atom is 0.0863 e. The van der Waals surface area contributed by atoms with Crippen molar-refractivity contribution in [1.29, 1.82) is 0 Å². The highest BCUT2D eigenvalue weighted by atomic mass is 32.2. The molecule has 0 radical (unpaired) electrons. The van der Waals surface area contributed by atoms with E-state index in [2.05, 4.69) is 223 Å². The van der Waals surface area contributed by atoms with E-state index in [1.54, 1.807) is 22.3 Å². The Morgan fingerprint density at radius 1 is 0.456 bits per heavy atom. The lowest BCUT2D eigenvalue weighted by Crippen LogP contribution is -2.35. The molecular weight excluding hydrogens is 805 g/mol. The first kappa shape index (κ1) is 45.0. The molecule has 0 aromatic heterocycles. The summed E-state index contributed by atoms with van der Waals surface area (Å²) in [5.74, 6) is 7.13. The molecule has 0 atom stereocenters. The predicted octanol–water partition coefficient (Wildman–Crippen LogP) is 15.8. The Kier molecular flexibility index (Phi) is 16.1. The Labute approximate surface area is 374 Å². The van der Waals surface area contributed by atoms with Gasteiger partial charge in [0.2, 0.25) is 0 Å². The third-order valence-electron chi connectivity index (χ3n) is 11.9. The molecule has 8 rings (SSSR count). The lowest BCUT2D eigenvalue weighted by Gasteiger charge is -2.46. The van der Waals surface area contributed by atoms with Crippen molar-refractivity contribution in [1.82, 2.24) is 0 Å². The zero-order valence-electron chi connectivity index (χ0n) is 35.1. The fourth-order valence-corrected chi connectivity index (χ4v) is 15.5. The molecule has 0 bridgehead atoms. The number of benzene rings is 4. The molecule has 2 spiro atoms. The quantitative estimate of drug-likeness (QED) is 0.146. The monoisotopic (exact) mass is 868 g/mol. The summed E-state index contributed by atoms with van der Waals surface area (Å²) in [7, 11) is 0. The second-order valence-electron chi connectivity index (χ2n) is 17.3. The molecule has 2 aliphatic heterocycles. The summed E-state index contributed by atoms with van der Waals surface area (Å²) in [6.45, 7) is 13.9. The zero-order chi connectivity index (χ0) is 40.5. The van der Waals surface area contributed by atoms with Crippen LogP contribution in [0.2, 0.25) is 0 Å². The van der Waals surface area contributed by atoms with Gasteiger partial charge < -0.3 is 0 Å². The molecule has 0 nitrogen and oxygen atoms in total. The van der Waals surface area contributed by atoms with E-state index in [9.17, 15) is 0 Å². The molecule has 57 heavy (non-hydrogen) atoms. The van der Waals surface area contributed by atoms with E-state index in [0.29, 0.717) is 10.8 Å². The van der Waals surface area contributed by atoms with Gasteiger partial charge in [0.05, 0.1) is 8.16 Å². The minimum atomic E-state index is 0.289. The molecule has 0 N–H and O–H groups in total. The van der Waals surface area contributed by atoms with Crippen LogP contribution < -0.4 is 0 Å². The van der Waals surface area contributed by atoms with E-state index >= 15 is 0 Å². The van der Waals surface area contributed by atoms with Crippen molar-refractivity contribution >= 4 is 96.6 Å². The van der Waals surface area contributed by atoms with Gasteiger partial charge in [-0.3, -0.25) is 0 Å². The average Bonchev–Trinajstić information content (AvgIpc) is 3.22. The SMILES string of the molecule is Cc1ccc(/C=C/c2ccc3c(c2)C2(CCC3(C)C)SCCCS2)cc1.Cc1ccc(/C=C/c2ccc3c(c2)C2(CCC3(C)C)SCCCS2)cc1.SCCCS. The van der Waals surface area contributed by atoms with Crippen molar-refractivity contribution in [2.45, 2.75) is 105 Å². The molecule has 0 amide bonds. The van der Waals surface area contributed by atoms with E-state index in [4.69, 9.17) is 0 Å². The summed E-state index contributed by atoms with van der Waals surface area (Å²) >= 11 is 16.7. The Bertz CT molecular complexity index is 1820. The van der Waals surface area contributed by atoms with Gasteiger partial charge in [0.1, 0.15) is 0 Å². The van der Waals surface area contributed by atoms with Crippen LogP contribution in [0, 0.1) is 13.8 Å². The van der Waals surface area contributed by atoms with Gasteiger partial charge >= 0.3 is 0 Å². The molecule has 2 aliphatic carbocycles. The number of fused-ring (bicyclic) bond motifs is 4. The topological polar surface area (TPSA) is 0 Å². The van der Waals surface area contributed by atoms with Crippen molar-refractivity contribution < 1.29 is 0 Å². The molecule has 4 aromatic rings. The van der Waals surface area contributed by atoms with Gasteiger partial charge in [0, 0.05) is 0 Å². The van der Waals surface area contributed by atoms with Gasteiger partial charge in [-0.15, -0.1) is 47.0 Å². The zero-order valence-corrected chi connectivity index (χ0v) is 40.2. The second-order valence-corrected chi connectivity index (χ2v) is 24.3. The number of thioether (sulfide) groups is 4. The summed E-state index contributed by atoms with van der Waals surface area (Å²) in [4.78, 5) is 0. The minimum Gasteiger partial charge on any atom is -0.179 e. The van der Waals surface area contributed by atoms with Crippen molar-refractivity contribution in [3.05, 3.63) is 141 Å². The fraction of sp³-hybridized carbons (Fsp3) is 0.451. The number of rotatable bonds is 6. The number of hydrogen-bond acceptors (Lipinski definition) is 6. The Morgan fingerprint density at radius 3 is 1.12 bits per heavy atom. The van der Waals surface area contributed by atoms with Crippen LogP contribution in [0.1, 0.15) is 128 Å². The molecular formula is C51H64S6. The van der Waals surface area contributed by atoms with Crippen LogP contribution in [-0.2, 0) is 19.0 Å². The highest BCUT2D eigenvalue weighted by molar-refractivity contribution is 8.18. The molecule has 0 unspecified atom stereocenters. The minimum absolute atomic E-state index is 0.289. The maximum absolute atomic E-state index is 3.95. The Morgan fingerprint density at radius 2 is 0.789 bits per heavy atom. The average molecular weight is 869 g/mol. The fourth-order valence-electron chi connectivity index (χ4n) is 8.19. The van der Waals surface area contributed by atoms with Crippen molar-refractivity contribution in [2.24, 2.45) is 0 Å². The van der Waals surface area contributed by atoms with Gasteiger partial charge in [0.25, 0.3) is 0 Å². The summed E-state index contributed by atoms with van der Waals surface area (Å²) in [6.07, 6.45) is 18.0. The number of aryl methyl sites for hydroxylation is 2. The van der Waals surface area contributed by atoms with Crippen LogP contribution in [0.5, 0.6) is 0 Å². The van der Waals surface area contributed by atoms with Crippen molar-refractivity contribution in [3.8, 4) is 0 Å². The molecule has 4 aromatic carbocycles. The molecule has 6 heteroatoms. The highest BCUT2D eigenvalue weighted by Crippen LogP contribution is 2.61. The molecule has 2 fully saturated rings. The van der Waals surface area contributed by atoms with E-state index in [1.165, 1.54) is 94.9 Å². The molecule has 2 saturated heterocycles. The van der Waals surface area contributed by atoms with E-state index in [1.807, 2.05) is 0 Å². The van der Waals surface area contributed by atoms with E-state index < -0.39 is 0 Å². The summed E-state index contributed by atoms with van der Waals surface area (Å²) < 4.78 is 0.577. The normalized spacial score (nSPS) is 19.9. The molecule has 4 aliphatic rings. The molecule has 304 valence electrons. The van der Waals surface area contributed by atoms with E-state index in [0.717, 1.165) is 17.9 Å². The Balaban J connectivity index is 0.000000173. The van der Waals surface area contributed by atoms with Crippen LogP contribution in [0.4, 0.5) is 0 Å². The molecule has 0 saturated carbocycles. The van der Waals surface area contributed by atoms with Gasteiger partial charge in [-0.25, -0.2) is 0 Å². The molecule has 2 heterocycles. The first-order valence-corrected chi connectivity index (χ1v) is 26.2. The summed E-state index contributed by atoms with van der Waals surface area (Å²) in [5, 5.41) is 0. The van der Waals surface area contributed by atoms with Gasteiger partial charge in [0.15, 0.2) is 0 Å². The highest BCUT2D eigenvalue weighted by Gasteiger charge is 2.46. The lowest BCUT2D eigenvalue weighted by atomic mass is 9.72. The van der Waals surface area contributed by atoms with Crippen LogP contribution in [0.15, 0.2) is 84.9 Å². The van der Waals surface area contributed by atoms with E-state index in [-0.39, 0.29) is 8.16 Å². The smallest absolute Gasteiger partial charge is 0.0863 e. The van der Waals surface area contributed by atoms with Crippen molar-refractivity contribution in [2.75, 3.05) is 34.5 Å². The van der Waals surface area contributed by atoms with Crippen LogP contribution in [0.3, 0.4) is 0 Å². The number of hydrogen-bond donors (Lipinski definition) is 2.